The second-order valence-electron chi connectivity index (χ2n) is 6.98. The molecule has 0 spiro atoms. The number of aryl methyl sites for hydroxylation is 1. The Kier molecular flexibility index (Phi) is 4.99. The van der Waals surface area contributed by atoms with Crippen molar-refractivity contribution in [1.82, 2.24) is 0 Å². The van der Waals surface area contributed by atoms with Crippen molar-refractivity contribution < 1.29 is 9.53 Å². The SMILES string of the molecule is CCCOc1ccc([C@H]2CC(=O)Nc3c(-c4ccc(C)cc4)csc32)cc1. The second-order valence-corrected chi connectivity index (χ2v) is 7.89. The fourth-order valence-corrected chi connectivity index (χ4v) is 4.62. The van der Waals surface area contributed by atoms with E-state index in [4.69, 9.17) is 4.74 Å². The van der Waals surface area contributed by atoms with Crippen molar-refractivity contribution >= 4 is 22.9 Å². The van der Waals surface area contributed by atoms with E-state index < -0.39 is 0 Å². The van der Waals surface area contributed by atoms with Gasteiger partial charge in [-0.15, -0.1) is 11.3 Å². The van der Waals surface area contributed by atoms with E-state index in [0.717, 1.165) is 41.2 Å². The Morgan fingerprint density at radius 3 is 2.56 bits per heavy atom. The number of hydrogen-bond acceptors (Lipinski definition) is 3. The molecule has 2 heterocycles. The first-order valence-corrected chi connectivity index (χ1v) is 10.2. The number of fused-ring (bicyclic) bond motifs is 1. The summed E-state index contributed by atoms with van der Waals surface area (Å²) in [5.41, 5.74) is 5.61. The van der Waals surface area contributed by atoms with Crippen molar-refractivity contribution in [3.63, 3.8) is 0 Å². The summed E-state index contributed by atoms with van der Waals surface area (Å²) in [5, 5.41) is 5.27. The molecule has 0 unspecified atom stereocenters. The molecule has 4 heteroatoms. The summed E-state index contributed by atoms with van der Waals surface area (Å²) >= 11 is 1.73. The topological polar surface area (TPSA) is 38.3 Å². The van der Waals surface area contributed by atoms with Crippen LogP contribution in [0.4, 0.5) is 5.69 Å². The van der Waals surface area contributed by atoms with Crippen molar-refractivity contribution in [2.24, 2.45) is 0 Å². The van der Waals surface area contributed by atoms with Gasteiger partial charge >= 0.3 is 0 Å². The Labute approximate surface area is 164 Å². The number of rotatable bonds is 5. The molecule has 27 heavy (non-hydrogen) atoms. The maximum absolute atomic E-state index is 12.4. The van der Waals surface area contributed by atoms with Gasteiger partial charge in [-0.2, -0.15) is 0 Å². The van der Waals surface area contributed by atoms with E-state index in [-0.39, 0.29) is 11.8 Å². The summed E-state index contributed by atoms with van der Waals surface area (Å²) < 4.78 is 5.68. The highest BCUT2D eigenvalue weighted by Gasteiger charge is 2.30. The molecule has 138 valence electrons. The largest absolute Gasteiger partial charge is 0.494 e. The first-order chi connectivity index (χ1) is 13.2. The lowest BCUT2D eigenvalue weighted by Gasteiger charge is -2.24. The number of thiophene rings is 1. The average molecular weight is 378 g/mol. The van der Waals surface area contributed by atoms with Gasteiger partial charge in [0.25, 0.3) is 0 Å². The number of anilines is 1. The molecule has 0 fully saturated rings. The van der Waals surface area contributed by atoms with Crippen molar-refractivity contribution in [2.75, 3.05) is 11.9 Å². The highest BCUT2D eigenvalue weighted by molar-refractivity contribution is 7.11. The minimum Gasteiger partial charge on any atom is -0.494 e. The minimum absolute atomic E-state index is 0.0746. The molecule has 1 aromatic heterocycles. The van der Waals surface area contributed by atoms with Crippen LogP contribution in [0.15, 0.2) is 53.9 Å². The third-order valence-electron chi connectivity index (χ3n) is 4.91. The predicted molar refractivity (Wildman–Crippen MR) is 112 cm³/mol. The molecule has 0 bridgehead atoms. The van der Waals surface area contributed by atoms with Crippen LogP contribution in [0.5, 0.6) is 5.75 Å². The zero-order valence-electron chi connectivity index (χ0n) is 15.6. The van der Waals surface area contributed by atoms with Gasteiger partial charge in [-0.1, -0.05) is 48.9 Å². The molecule has 4 rings (SSSR count). The molecular formula is C23H23NO2S. The van der Waals surface area contributed by atoms with Gasteiger partial charge < -0.3 is 10.1 Å². The summed E-state index contributed by atoms with van der Waals surface area (Å²) in [7, 11) is 0. The van der Waals surface area contributed by atoms with Crippen LogP contribution in [0.1, 0.15) is 41.7 Å². The summed E-state index contributed by atoms with van der Waals surface area (Å²) in [5.74, 6) is 1.05. The van der Waals surface area contributed by atoms with Crippen LogP contribution in [-0.4, -0.2) is 12.5 Å². The van der Waals surface area contributed by atoms with Crippen molar-refractivity contribution in [1.29, 1.82) is 0 Å². The van der Waals surface area contributed by atoms with Gasteiger partial charge in [0.2, 0.25) is 5.91 Å². The lowest BCUT2D eigenvalue weighted by Crippen LogP contribution is -2.22. The number of hydrogen-bond donors (Lipinski definition) is 1. The van der Waals surface area contributed by atoms with E-state index in [9.17, 15) is 4.79 Å². The highest BCUT2D eigenvalue weighted by Crippen LogP contribution is 2.46. The highest BCUT2D eigenvalue weighted by atomic mass is 32.1. The molecule has 1 aliphatic rings. The molecule has 0 saturated heterocycles. The standard InChI is InChI=1S/C23H23NO2S/c1-3-12-26-18-10-8-16(9-11-18)19-13-21(25)24-22-20(14-27-23(19)22)17-6-4-15(2)5-7-17/h4-11,14,19H,3,12-13H2,1-2H3,(H,24,25)/t19-/m1/s1. The van der Waals surface area contributed by atoms with Crippen molar-refractivity contribution in [3.8, 4) is 16.9 Å². The van der Waals surface area contributed by atoms with Crippen LogP contribution in [0.2, 0.25) is 0 Å². The predicted octanol–water partition coefficient (Wildman–Crippen LogP) is 5.99. The van der Waals surface area contributed by atoms with Crippen LogP contribution < -0.4 is 10.1 Å². The molecule has 1 N–H and O–H groups in total. The fraction of sp³-hybridized carbons (Fsp3) is 0.261. The monoisotopic (exact) mass is 377 g/mol. The molecule has 1 amide bonds. The lowest BCUT2D eigenvalue weighted by molar-refractivity contribution is -0.116. The molecule has 0 radical (unpaired) electrons. The van der Waals surface area contributed by atoms with Gasteiger partial charge in [0.05, 0.1) is 12.3 Å². The molecule has 1 atom stereocenters. The molecule has 3 nitrogen and oxygen atoms in total. The van der Waals surface area contributed by atoms with Crippen molar-refractivity contribution in [2.45, 2.75) is 32.6 Å². The Morgan fingerprint density at radius 2 is 1.85 bits per heavy atom. The number of ether oxygens (including phenoxy) is 1. The molecule has 3 aromatic rings. The van der Waals surface area contributed by atoms with Gasteiger partial charge in [-0.3, -0.25) is 4.79 Å². The number of carbonyl (C=O) groups excluding carboxylic acids is 1. The molecule has 2 aromatic carbocycles. The molecule has 0 saturated carbocycles. The first kappa shape index (κ1) is 17.8. The zero-order valence-corrected chi connectivity index (χ0v) is 16.4. The number of amides is 1. The van der Waals surface area contributed by atoms with Crippen LogP contribution in [0.25, 0.3) is 11.1 Å². The summed E-state index contributed by atoms with van der Waals surface area (Å²) in [6.45, 7) is 4.90. The number of nitrogens with one attached hydrogen (secondary N) is 1. The smallest absolute Gasteiger partial charge is 0.225 e. The Morgan fingerprint density at radius 1 is 1.11 bits per heavy atom. The average Bonchev–Trinajstić information content (AvgIpc) is 3.10. The van der Waals surface area contributed by atoms with E-state index in [0.29, 0.717) is 6.42 Å². The van der Waals surface area contributed by atoms with Gasteiger partial charge in [0.15, 0.2) is 0 Å². The second kappa shape index (κ2) is 7.57. The molecule has 1 aliphatic heterocycles. The zero-order chi connectivity index (χ0) is 18.8. The maximum Gasteiger partial charge on any atom is 0.225 e. The summed E-state index contributed by atoms with van der Waals surface area (Å²) in [6.07, 6.45) is 1.47. The van der Waals surface area contributed by atoms with E-state index in [1.165, 1.54) is 10.4 Å². The van der Waals surface area contributed by atoms with Gasteiger partial charge in [0, 0.05) is 28.2 Å². The Hall–Kier alpha value is -2.59. The summed E-state index contributed by atoms with van der Waals surface area (Å²) in [6, 6.07) is 16.6. The van der Waals surface area contributed by atoms with Crippen LogP contribution in [-0.2, 0) is 4.79 Å². The van der Waals surface area contributed by atoms with E-state index in [1.54, 1.807) is 11.3 Å². The van der Waals surface area contributed by atoms with Gasteiger partial charge in [0.1, 0.15) is 5.75 Å². The van der Waals surface area contributed by atoms with Crippen molar-refractivity contribution in [3.05, 3.63) is 69.9 Å². The lowest BCUT2D eigenvalue weighted by atomic mass is 9.89. The molecular weight excluding hydrogens is 354 g/mol. The fourth-order valence-electron chi connectivity index (χ4n) is 3.46. The van der Waals surface area contributed by atoms with E-state index >= 15 is 0 Å². The van der Waals surface area contributed by atoms with E-state index in [1.807, 2.05) is 12.1 Å². The number of carbonyl (C=O) groups is 1. The Bertz CT molecular complexity index is 942. The first-order valence-electron chi connectivity index (χ1n) is 9.36. The van der Waals surface area contributed by atoms with Gasteiger partial charge in [-0.05, 0) is 36.6 Å². The summed E-state index contributed by atoms with van der Waals surface area (Å²) in [4.78, 5) is 13.7. The van der Waals surface area contributed by atoms with Crippen LogP contribution >= 0.6 is 11.3 Å². The third-order valence-corrected chi connectivity index (χ3v) is 6.00. The normalized spacial score (nSPS) is 15.9. The minimum atomic E-state index is 0.0746. The third kappa shape index (κ3) is 3.62. The van der Waals surface area contributed by atoms with E-state index in [2.05, 4.69) is 60.9 Å². The van der Waals surface area contributed by atoms with Crippen LogP contribution in [0, 0.1) is 6.92 Å². The quantitative estimate of drug-likeness (QED) is 0.593. The van der Waals surface area contributed by atoms with Crippen LogP contribution in [0.3, 0.4) is 0 Å². The number of benzene rings is 2. The maximum atomic E-state index is 12.4. The molecule has 0 aliphatic carbocycles. The Balaban J connectivity index is 1.67. The van der Waals surface area contributed by atoms with Gasteiger partial charge in [-0.25, -0.2) is 0 Å².